The number of piperazine rings is 1. The molecule has 5 N–H and O–H groups in total. The molecule has 1 fully saturated rings. The molecule has 0 unspecified atom stereocenters. The van der Waals surface area contributed by atoms with Gasteiger partial charge < -0.3 is 35.7 Å². The van der Waals surface area contributed by atoms with Crippen molar-refractivity contribution in [3.8, 4) is 22.6 Å². The van der Waals surface area contributed by atoms with E-state index in [0.717, 1.165) is 46.1 Å². The smallest absolute Gasteiger partial charge is 0.410 e. The second kappa shape index (κ2) is 10.4. The standard InChI is InChI=1S/C31H35N5O5/c1-31(2,3)25-19(8-9-24(27(25)40-5)41-30(33)39)18-14-21-20-7-6-17(29(38)36-12-10-35(4)11-13-36)16-23(20)34-26(21)22(15-18)28(32)37/h6-9,14-16,34H,10-13H2,1-5H3,(H2,32,37)(H2,33,39). The minimum atomic E-state index is -0.947. The van der Waals surface area contributed by atoms with Gasteiger partial charge in [0.05, 0.1) is 18.2 Å². The zero-order valence-corrected chi connectivity index (χ0v) is 24.0. The van der Waals surface area contributed by atoms with Gasteiger partial charge in [-0.25, -0.2) is 4.79 Å². The van der Waals surface area contributed by atoms with Crippen LogP contribution in [0.5, 0.6) is 11.5 Å². The molecule has 0 aliphatic carbocycles. The van der Waals surface area contributed by atoms with Crippen LogP contribution in [-0.2, 0) is 5.41 Å². The van der Waals surface area contributed by atoms with Crippen LogP contribution in [0.2, 0.25) is 0 Å². The Morgan fingerprint density at radius 2 is 1.63 bits per heavy atom. The summed E-state index contributed by atoms with van der Waals surface area (Å²) in [6.07, 6.45) is -0.947. The van der Waals surface area contributed by atoms with E-state index < -0.39 is 17.4 Å². The van der Waals surface area contributed by atoms with Crippen molar-refractivity contribution in [2.75, 3.05) is 40.3 Å². The Hall–Kier alpha value is -4.57. The summed E-state index contributed by atoms with van der Waals surface area (Å²) < 4.78 is 10.9. The molecule has 10 nitrogen and oxygen atoms in total. The van der Waals surface area contributed by atoms with Crippen LogP contribution in [0.1, 0.15) is 47.1 Å². The van der Waals surface area contributed by atoms with Crippen LogP contribution in [0.4, 0.5) is 4.79 Å². The molecule has 1 aliphatic heterocycles. The number of benzene rings is 3. The van der Waals surface area contributed by atoms with Crippen molar-refractivity contribution >= 4 is 39.7 Å². The quantitative estimate of drug-likeness (QED) is 0.335. The number of ether oxygens (including phenoxy) is 2. The van der Waals surface area contributed by atoms with Gasteiger partial charge in [-0.3, -0.25) is 9.59 Å². The molecular weight excluding hydrogens is 522 g/mol. The van der Waals surface area contributed by atoms with Crippen LogP contribution in [0.3, 0.4) is 0 Å². The molecular formula is C31H35N5O5. The summed E-state index contributed by atoms with van der Waals surface area (Å²) in [7, 11) is 3.55. The van der Waals surface area contributed by atoms with E-state index in [4.69, 9.17) is 20.9 Å². The van der Waals surface area contributed by atoms with Gasteiger partial charge in [0, 0.05) is 53.6 Å². The first-order valence-corrected chi connectivity index (χ1v) is 13.4. The maximum Gasteiger partial charge on any atom is 0.410 e. The Bertz CT molecular complexity index is 1690. The lowest BCUT2D eigenvalue weighted by atomic mass is 9.80. The van der Waals surface area contributed by atoms with Gasteiger partial charge in [-0.15, -0.1) is 0 Å². The number of fused-ring (bicyclic) bond motifs is 3. The van der Waals surface area contributed by atoms with Crippen molar-refractivity contribution in [2.45, 2.75) is 26.2 Å². The number of carbonyl (C=O) groups is 3. The third-order valence-corrected chi connectivity index (χ3v) is 7.61. The molecule has 0 bridgehead atoms. The van der Waals surface area contributed by atoms with Gasteiger partial charge in [-0.2, -0.15) is 0 Å². The molecule has 0 atom stereocenters. The lowest BCUT2D eigenvalue weighted by molar-refractivity contribution is 0.0664. The van der Waals surface area contributed by atoms with Gasteiger partial charge in [0.1, 0.15) is 0 Å². The van der Waals surface area contributed by atoms with E-state index >= 15 is 0 Å². The predicted molar refractivity (Wildman–Crippen MR) is 159 cm³/mol. The van der Waals surface area contributed by atoms with E-state index in [0.29, 0.717) is 35.5 Å². The number of nitrogens with two attached hydrogens (primary N) is 2. The van der Waals surface area contributed by atoms with Crippen molar-refractivity contribution in [1.29, 1.82) is 0 Å². The number of rotatable bonds is 5. The topological polar surface area (TPSA) is 144 Å². The van der Waals surface area contributed by atoms with Crippen LogP contribution >= 0.6 is 0 Å². The molecule has 10 heteroatoms. The van der Waals surface area contributed by atoms with Crippen molar-refractivity contribution in [2.24, 2.45) is 11.5 Å². The largest absolute Gasteiger partial charge is 0.493 e. The monoisotopic (exact) mass is 557 g/mol. The molecule has 1 aliphatic rings. The van der Waals surface area contributed by atoms with Crippen molar-refractivity contribution in [3.05, 3.63) is 59.2 Å². The van der Waals surface area contributed by atoms with E-state index in [9.17, 15) is 14.4 Å². The molecule has 1 aromatic heterocycles. The molecule has 214 valence electrons. The highest BCUT2D eigenvalue weighted by Crippen LogP contribution is 2.46. The summed E-state index contributed by atoms with van der Waals surface area (Å²) in [5.74, 6) is -0.0280. The summed E-state index contributed by atoms with van der Waals surface area (Å²) >= 11 is 0. The summed E-state index contributed by atoms with van der Waals surface area (Å²) in [5, 5.41) is 1.65. The number of hydrogen-bond donors (Lipinski definition) is 3. The molecule has 0 spiro atoms. The summed E-state index contributed by atoms with van der Waals surface area (Å²) in [5.41, 5.74) is 15.2. The number of aromatic nitrogens is 1. The Morgan fingerprint density at radius 1 is 0.927 bits per heavy atom. The second-order valence-electron chi connectivity index (χ2n) is 11.5. The Kier molecular flexibility index (Phi) is 7.12. The molecule has 5 rings (SSSR count). The number of primary amides is 2. The number of aromatic amines is 1. The van der Waals surface area contributed by atoms with E-state index in [1.54, 1.807) is 12.1 Å². The number of nitrogens with one attached hydrogen (secondary N) is 1. The van der Waals surface area contributed by atoms with Gasteiger partial charge in [-0.05, 0) is 53.9 Å². The minimum Gasteiger partial charge on any atom is -0.493 e. The van der Waals surface area contributed by atoms with Crippen molar-refractivity contribution in [3.63, 3.8) is 0 Å². The highest BCUT2D eigenvalue weighted by atomic mass is 16.6. The first-order valence-electron chi connectivity index (χ1n) is 13.4. The second-order valence-corrected chi connectivity index (χ2v) is 11.5. The van der Waals surface area contributed by atoms with Gasteiger partial charge in [0.2, 0.25) is 0 Å². The minimum absolute atomic E-state index is 0.0188. The number of likely N-dealkylation sites (N-methyl/N-ethyl adjacent to an activating group) is 1. The highest BCUT2D eigenvalue weighted by Gasteiger charge is 2.28. The average molecular weight is 558 g/mol. The van der Waals surface area contributed by atoms with Gasteiger partial charge in [0.25, 0.3) is 11.8 Å². The van der Waals surface area contributed by atoms with Crippen molar-refractivity contribution in [1.82, 2.24) is 14.8 Å². The van der Waals surface area contributed by atoms with Crippen LogP contribution in [0.15, 0.2) is 42.5 Å². The zero-order chi connectivity index (χ0) is 29.6. The molecule has 0 saturated carbocycles. The molecule has 3 aromatic carbocycles. The maximum absolute atomic E-state index is 13.2. The van der Waals surface area contributed by atoms with Gasteiger partial charge in [0.15, 0.2) is 11.5 Å². The first-order chi connectivity index (χ1) is 19.4. The Balaban J connectivity index is 1.68. The number of carbonyl (C=O) groups excluding carboxylic acids is 3. The normalized spacial score (nSPS) is 14.4. The first kappa shape index (κ1) is 28.0. The Labute approximate surface area is 238 Å². The van der Waals surface area contributed by atoms with E-state index in [1.165, 1.54) is 7.11 Å². The lowest BCUT2D eigenvalue weighted by Gasteiger charge is -2.32. The maximum atomic E-state index is 13.2. The fourth-order valence-corrected chi connectivity index (χ4v) is 5.62. The summed E-state index contributed by atoms with van der Waals surface area (Å²) in [6.45, 7) is 9.07. The fraction of sp³-hybridized carbons (Fsp3) is 0.323. The average Bonchev–Trinajstić information content (AvgIpc) is 3.29. The number of nitrogens with zero attached hydrogens (tertiary/aromatic N) is 2. The number of hydrogen-bond acceptors (Lipinski definition) is 6. The zero-order valence-electron chi connectivity index (χ0n) is 24.0. The van der Waals surface area contributed by atoms with Crippen LogP contribution in [0, 0.1) is 0 Å². The van der Waals surface area contributed by atoms with Crippen LogP contribution in [0.25, 0.3) is 32.9 Å². The third kappa shape index (κ3) is 5.18. The van der Waals surface area contributed by atoms with E-state index in [1.807, 2.05) is 63.1 Å². The molecule has 4 aromatic rings. The van der Waals surface area contributed by atoms with E-state index in [-0.39, 0.29) is 11.7 Å². The number of H-pyrrole nitrogens is 1. The summed E-state index contributed by atoms with van der Waals surface area (Å²) in [4.78, 5) is 44.9. The van der Waals surface area contributed by atoms with Crippen molar-refractivity contribution < 1.29 is 23.9 Å². The fourth-order valence-electron chi connectivity index (χ4n) is 5.62. The lowest BCUT2D eigenvalue weighted by Crippen LogP contribution is -2.47. The van der Waals surface area contributed by atoms with E-state index in [2.05, 4.69) is 9.88 Å². The molecule has 3 amide bonds. The third-order valence-electron chi connectivity index (χ3n) is 7.61. The van der Waals surface area contributed by atoms with Gasteiger partial charge in [-0.1, -0.05) is 32.9 Å². The molecule has 41 heavy (non-hydrogen) atoms. The molecule has 2 heterocycles. The molecule has 1 saturated heterocycles. The molecule has 0 radical (unpaired) electrons. The number of methoxy groups -OCH3 is 1. The predicted octanol–water partition coefficient (Wildman–Crippen LogP) is 4.24. The number of amides is 3. The van der Waals surface area contributed by atoms with Crippen LogP contribution < -0.4 is 20.9 Å². The Morgan fingerprint density at radius 3 is 2.24 bits per heavy atom. The van der Waals surface area contributed by atoms with Gasteiger partial charge >= 0.3 is 6.09 Å². The van der Waals surface area contributed by atoms with Crippen LogP contribution in [-0.4, -0.2) is 73.0 Å². The summed E-state index contributed by atoms with van der Waals surface area (Å²) in [6, 6.07) is 12.7. The highest BCUT2D eigenvalue weighted by molar-refractivity contribution is 6.17. The SMILES string of the molecule is COc1c(OC(N)=O)ccc(-c2cc(C(N)=O)c3[nH]c4cc(C(=O)N5CCN(C)CC5)ccc4c3c2)c1C(C)(C)C.